The smallest absolute Gasteiger partial charge is 0.270 e. The van der Waals surface area contributed by atoms with E-state index in [1.54, 1.807) is 6.20 Å². The number of nitrogens with one attached hydrogen (secondary N) is 1. The number of hydrogen-bond acceptors (Lipinski definition) is 3. The summed E-state index contributed by atoms with van der Waals surface area (Å²) in [6.45, 7) is 2.78. The van der Waals surface area contributed by atoms with Crippen LogP contribution < -0.4 is 0 Å². The molecule has 0 radical (unpaired) electrons. The first-order valence-corrected chi connectivity index (χ1v) is 10.6. The van der Waals surface area contributed by atoms with Crippen LogP contribution >= 0.6 is 0 Å². The van der Waals surface area contributed by atoms with Crippen LogP contribution in [0.5, 0.6) is 0 Å². The van der Waals surface area contributed by atoms with E-state index in [1.165, 1.54) is 5.56 Å². The van der Waals surface area contributed by atoms with Crippen molar-refractivity contribution in [2.75, 3.05) is 6.54 Å². The summed E-state index contributed by atoms with van der Waals surface area (Å²) in [6.07, 6.45) is 5.44. The van der Waals surface area contributed by atoms with Gasteiger partial charge in [-0.05, 0) is 49.4 Å². The first-order chi connectivity index (χ1) is 14.7. The van der Waals surface area contributed by atoms with E-state index in [0.717, 1.165) is 41.5 Å². The van der Waals surface area contributed by atoms with Crippen LogP contribution in [-0.2, 0) is 6.42 Å². The SMILES string of the molecule is Cc1cccc2[nH]c(C(=O)N3CCCC[C@@H]3c3ncc(Cc4ccccc4)o3)cc12. The molecule has 0 unspecified atom stereocenters. The molecule has 1 N–H and O–H groups in total. The van der Waals surface area contributed by atoms with Crippen LogP contribution in [0.4, 0.5) is 0 Å². The first-order valence-electron chi connectivity index (χ1n) is 10.6. The molecule has 30 heavy (non-hydrogen) atoms. The van der Waals surface area contributed by atoms with Crippen molar-refractivity contribution in [3.8, 4) is 0 Å². The number of aromatic nitrogens is 2. The minimum absolute atomic E-state index is 0.0121. The highest BCUT2D eigenvalue weighted by Gasteiger charge is 2.32. The van der Waals surface area contributed by atoms with Crippen molar-refractivity contribution in [3.05, 3.63) is 89.3 Å². The minimum Gasteiger partial charge on any atom is -0.443 e. The molecule has 1 amide bonds. The number of piperidine rings is 1. The lowest BCUT2D eigenvalue weighted by Gasteiger charge is -2.33. The van der Waals surface area contributed by atoms with E-state index < -0.39 is 0 Å². The molecule has 0 saturated carbocycles. The number of carbonyl (C=O) groups excluding carboxylic acids is 1. The molecule has 0 bridgehead atoms. The molecule has 3 heterocycles. The monoisotopic (exact) mass is 399 g/mol. The number of aromatic amines is 1. The highest BCUT2D eigenvalue weighted by atomic mass is 16.4. The number of aryl methyl sites for hydroxylation is 1. The van der Waals surface area contributed by atoms with E-state index in [1.807, 2.05) is 41.3 Å². The lowest BCUT2D eigenvalue weighted by molar-refractivity contribution is 0.0565. The highest BCUT2D eigenvalue weighted by Crippen LogP contribution is 2.33. The number of oxazole rings is 1. The number of benzene rings is 2. The van der Waals surface area contributed by atoms with Crippen LogP contribution in [0.3, 0.4) is 0 Å². The molecule has 5 rings (SSSR count). The van der Waals surface area contributed by atoms with Crippen LogP contribution in [0.1, 0.15) is 58.6 Å². The minimum atomic E-state index is -0.122. The number of nitrogens with zero attached hydrogens (tertiary/aromatic N) is 2. The van der Waals surface area contributed by atoms with Gasteiger partial charge in [-0.1, -0.05) is 42.5 Å². The van der Waals surface area contributed by atoms with Gasteiger partial charge >= 0.3 is 0 Å². The summed E-state index contributed by atoms with van der Waals surface area (Å²) in [7, 11) is 0. The van der Waals surface area contributed by atoms with Crippen LogP contribution in [0.15, 0.2) is 65.2 Å². The maximum atomic E-state index is 13.4. The third-order valence-electron chi connectivity index (χ3n) is 5.95. The highest BCUT2D eigenvalue weighted by molar-refractivity contribution is 5.99. The fraction of sp³-hybridized carbons (Fsp3) is 0.280. The molecule has 1 saturated heterocycles. The number of H-pyrrole nitrogens is 1. The van der Waals surface area contributed by atoms with Crippen molar-refractivity contribution < 1.29 is 9.21 Å². The quantitative estimate of drug-likeness (QED) is 0.498. The van der Waals surface area contributed by atoms with E-state index in [2.05, 4.69) is 35.1 Å². The fourth-order valence-corrected chi connectivity index (χ4v) is 4.36. The second-order valence-electron chi connectivity index (χ2n) is 8.06. The molecule has 5 heteroatoms. The summed E-state index contributed by atoms with van der Waals surface area (Å²) in [5, 5.41) is 1.09. The number of amides is 1. The molecule has 0 aliphatic carbocycles. The van der Waals surface area contributed by atoms with Crippen molar-refractivity contribution in [1.82, 2.24) is 14.9 Å². The Bertz CT molecular complexity index is 1180. The molecule has 1 atom stereocenters. The second kappa shape index (κ2) is 7.82. The van der Waals surface area contributed by atoms with Gasteiger partial charge in [0.2, 0.25) is 5.89 Å². The summed E-state index contributed by atoms with van der Waals surface area (Å²) >= 11 is 0. The molecule has 152 valence electrons. The molecule has 1 aliphatic heterocycles. The van der Waals surface area contributed by atoms with Gasteiger partial charge in [0.1, 0.15) is 17.5 Å². The maximum absolute atomic E-state index is 13.4. The van der Waals surface area contributed by atoms with E-state index in [9.17, 15) is 4.79 Å². The Hall–Kier alpha value is -3.34. The molecule has 0 spiro atoms. The lowest BCUT2D eigenvalue weighted by Crippen LogP contribution is -2.38. The molecule has 2 aromatic heterocycles. The molecule has 5 nitrogen and oxygen atoms in total. The number of likely N-dealkylation sites (tertiary alicyclic amines) is 1. The van der Waals surface area contributed by atoms with Crippen molar-refractivity contribution >= 4 is 16.8 Å². The average molecular weight is 399 g/mol. The molecule has 2 aromatic carbocycles. The zero-order chi connectivity index (χ0) is 20.5. The van der Waals surface area contributed by atoms with Crippen molar-refractivity contribution in [1.29, 1.82) is 0 Å². The Kier molecular flexibility index (Phi) is 4.87. The zero-order valence-corrected chi connectivity index (χ0v) is 17.1. The molecule has 4 aromatic rings. The normalized spacial score (nSPS) is 16.8. The third-order valence-corrected chi connectivity index (χ3v) is 5.95. The molecular weight excluding hydrogens is 374 g/mol. The van der Waals surface area contributed by atoms with Gasteiger partial charge in [0, 0.05) is 23.9 Å². The van der Waals surface area contributed by atoms with Crippen molar-refractivity contribution in [2.24, 2.45) is 0 Å². The summed E-state index contributed by atoms with van der Waals surface area (Å²) in [6, 6.07) is 18.1. The van der Waals surface area contributed by atoms with Crippen LogP contribution in [-0.4, -0.2) is 27.3 Å². The largest absolute Gasteiger partial charge is 0.443 e. The lowest BCUT2D eigenvalue weighted by atomic mass is 10.0. The summed E-state index contributed by atoms with van der Waals surface area (Å²) < 4.78 is 6.11. The number of carbonyl (C=O) groups is 1. The van der Waals surface area contributed by atoms with Gasteiger partial charge in [-0.2, -0.15) is 0 Å². The Morgan fingerprint density at radius 2 is 2.03 bits per heavy atom. The number of hydrogen-bond donors (Lipinski definition) is 1. The predicted octanol–water partition coefficient (Wildman–Crippen LogP) is 5.42. The Morgan fingerprint density at radius 3 is 2.87 bits per heavy atom. The van der Waals surface area contributed by atoms with Gasteiger partial charge in [0.05, 0.1) is 6.20 Å². The second-order valence-corrected chi connectivity index (χ2v) is 8.06. The topological polar surface area (TPSA) is 62.1 Å². The summed E-state index contributed by atoms with van der Waals surface area (Å²) in [4.78, 5) is 23.2. The first kappa shape index (κ1) is 18.7. The molecule has 1 fully saturated rings. The number of fused-ring (bicyclic) bond motifs is 1. The van der Waals surface area contributed by atoms with E-state index in [4.69, 9.17) is 4.42 Å². The Morgan fingerprint density at radius 1 is 1.17 bits per heavy atom. The van der Waals surface area contributed by atoms with Crippen LogP contribution in [0.2, 0.25) is 0 Å². The summed E-state index contributed by atoms with van der Waals surface area (Å²) in [5.74, 6) is 1.48. The zero-order valence-electron chi connectivity index (χ0n) is 17.1. The van der Waals surface area contributed by atoms with Crippen molar-refractivity contribution in [2.45, 2.75) is 38.6 Å². The molecular formula is C25H25N3O2. The third kappa shape index (κ3) is 3.52. The Balaban J connectivity index is 1.40. The van der Waals surface area contributed by atoms with Gasteiger partial charge in [0.25, 0.3) is 5.91 Å². The van der Waals surface area contributed by atoms with Crippen LogP contribution in [0, 0.1) is 6.92 Å². The van der Waals surface area contributed by atoms with Gasteiger partial charge < -0.3 is 14.3 Å². The van der Waals surface area contributed by atoms with E-state index in [0.29, 0.717) is 24.6 Å². The predicted molar refractivity (Wildman–Crippen MR) is 116 cm³/mol. The van der Waals surface area contributed by atoms with Gasteiger partial charge in [-0.25, -0.2) is 4.98 Å². The van der Waals surface area contributed by atoms with Crippen molar-refractivity contribution in [3.63, 3.8) is 0 Å². The van der Waals surface area contributed by atoms with Crippen LogP contribution in [0.25, 0.3) is 10.9 Å². The standard InChI is InChI=1S/C25H25N3O2/c1-17-8-7-11-21-20(17)15-22(27-21)25(29)28-13-6-5-12-23(28)24-26-16-19(30-24)14-18-9-3-2-4-10-18/h2-4,7-11,15-16,23,27H,5-6,12-14H2,1H3/t23-/m1/s1. The van der Waals surface area contributed by atoms with E-state index in [-0.39, 0.29) is 11.9 Å². The van der Waals surface area contributed by atoms with Gasteiger partial charge in [-0.3, -0.25) is 4.79 Å². The molecule has 1 aliphatic rings. The number of rotatable bonds is 4. The average Bonchev–Trinajstić information content (AvgIpc) is 3.42. The van der Waals surface area contributed by atoms with Gasteiger partial charge in [-0.15, -0.1) is 0 Å². The Labute approximate surface area is 175 Å². The van der Waals surface area contributed by atoms with Gasteiger partial charge in [0.15, 0.2) is 0 Å². The summed E-state index contributed by atoms with van der Waals surface area (Å²) in [5.41, 5.74) is 3.97. The maximum Gasteiger partial charge on any atom is 0.270 e. The van der Waals surface area contributed by atoms with E-state index >= 15 is 0 Å². The fourth-order valence-electron chi connectivity index (χ4n) is 4.36.